The number of aryl methyl sites for hydroxylation is 1. The Morgan fingerprint density at radius 2 is 2.22 bits per heavy atom. The van der Waals surface area contributed by atoms with Crippen LogP contribution in [-0.4, -0.2) is 16.7 Å². The first kappa shape index (κ1) is 11.3. The van der Waals surface area contributed by atoms with Crippen molar-refractivity contribution in [3.05, 3.63) is 46.5 Å². The lowest BCUT2D eigenvalue weighted by Gasteiger charge is -2.05. The van der Waals surface area contributed by atoms with Crippen LogP contribution in [0.4, 0.5) is 0 Å². The van der Waals surface area contributed by atoms with Gasteiger partial charge in [-0.25, -0.2) is 4.98 Å². The molecule has 92 valence electrons. The Labute approximate surface area is 110 Å². The van der Waals surface area contributed by atoms with E-state index in [0.29, 0.717) is 0 Å². The Bertz CT molecular complexity index is 684. The molecule has 2 heterocycles. The molecule has 0 aliphatic rings. The Morgan fingerprint density at radius 1 is 1.33 bits per heavy atom. The lowest BCUT2D eigenvalue weighted by molar-refractivity contribution is 0.420. The van der Waals surface area contributed by atoms with Gasteiger partial charge in [0.1, 0.15) is 5.75 Å². The molecule has 0 fully saturated rings. The van der Waals surface area contributed by atoms with Crippen molar-refractivity contribution in [2.24, 2.45) is 0 Å². The van der Waals surface area contributed by atoms with E-state index in [4.69, 9.17) is 4.74 Å². The second kappa shape index (κ2) is 4.46. The molecule has 3 nitrogen and oxygen atoms in total. The van der Waals surface area contributed by atoms with Crippen LogP contribution in [0, 0.1) is 6.92 Å². The summed E-state index contributed by atoms with van der Waals surface area (Å²) >= 11 is 1.69. The summed E-state index contributed by atoms with van der Waals surface area (Å²) in [6, 6.07) is 8.20. The maximum absolute atomic E-state index is 5.37. The molecule has 0 spiro atoms. The van der Waals surface area contributed by atoms with E-state index in [-0.39, 0.29) is 0 Å². The summed E-state index contributed by atoms with van der Waals surface area (Å²) in [6.07, 6.45) is 2.09. The first-order chi connectivity index (χ1) is 8.78. The van der Waals surface area contributed by atoms with Gasteiger partial charge in [-0.15, -0.1) is 11.3 Å². The highest BCUT2D eigenvalue weighted by Crippen LogP contribution is 2.26. The molecule has 0 aliphatic carbocycles. The van der Waals surface area contributed by atoms with Gasteiger partial charge in [-0.05, 0) is 25.1 Å². The number of thiazole rings is 1. The lowest BCUT2D eigenvalue weighted by Crippen LogP contribution is -1.98. The van der Waals surface area contributed by atoms with Crippen molar-refractivity contribution in [1.29, 1.82) is 0 Å². The number of benzene rings is 1. The van der Waals surface area contributed by atoms with Crippen LogP contribution in [0.25, 0.3) is 10.9 Å². The largest absolute Gasteiger partial charge is 0.496 e. The normalized spacial score (nSPS) is 11.0. The van der Waals surface area contributed by atoms with Crippen LogP contribution in [0.2, 0.25) is 0 Å². The molecule has 18 heavy (non-hydrogen) atoms. The number of nitrogens with zero attached hydrogens (tertiary/aromatic N) is 2. The van der Waals surface area contributed by atoms with Gasteiger partial charge in [-0.1, -0.05) is 6.07 Å². The van der Waals surface area contributed by atoms with Gasteiger partial charge in [-0.2, -0.15) is 0 Å². The summed E-state index contributed by atoms with van der Waals surface area (Å²) in [7, 11) is 1.70. The SMILES string of the molecule is COc1cccc2c1ccn2Cc1csc(C)n1. The van der Waals surface area contributed by atoms with Gasteiger partial charge in [0.2, 0.25) is 0 Å². The molecule has 0 amide bonds. The number of ether oxygens (including phenoxy) is 1. The van der Waals surface area contributed by atoms with E-state index in [1.54, 1.807) is 18.4 Å². The predicted octanol–water partition coefficient (Wildman–Crippen LogP) is 3.46. The van der Waals surface area contributed by atoms with Crippen molar-refractivity contribution in [3.8, 4) is 5.75 Å². The number of methoxy groups -OCH3 is 1. The number of aromatic nitrogens is 2. The Balaban J connectivity index is 2.02. The van der Waals surface area contributed by atoms with Crippen molar-refractivity contribution < 1.29 is 4.74 Å². The molecule has 0 saturated heterocycles. The molecular formula is C14H14N2OS. The number of fused-ring (bicyclic) bond motifs is 1. The van der Waals surface area contributed by atoms with Crippen LogP contribution in [0.1, 0.15) is 10.7 Å². The van der Waals surface area contributed by atoms with Crippen molar-refractivity contribution in [2.45, 2.75) is 13.5 Å². The molecule has 3 rings (SSSR count). The maximum Gasteiger partial charge on any atom is 0.128 e. The van der Waals surface area contributed by atoms with Crippen LogP contribution in [0.15, 0.2) is 35.8 Å². The molecule has 0 atom stereocenters. The van der Waals surface area contributed by atoms with Crippen LogP contribution in [0.3, 0.4) is 0 Å². The van der Waals surface area contributed by atoms with E-state index in [0.717, 1.165) is 28.4 Å². The Kier molecular flexibility index (Phi) is 2.80. The first-order valence-electron chi connectivity index (χ1n) is 5.81. The maximum atomic E-state index is 5.37. The third-order valence-corrected chi connectivity index (χ3v) is 3.81. The van der Waals surface area contributed by atoms with E-state index in [1.165, 1.54) is 5.52 Å². The minimum Gasteiger partial charge on any atom is -0.496 e. The predicted molar refractivity (Wildman–Crippen MR) is 74.4 cm³/mol. The summed E-state index contributed by atoms with van der Waals surface area (Å²) < 4.78 is 7.57. The van der Waals surface area contributed by atoms with Crippen LogP contribution in [0.5, 0.6) is 5.75 Å². The third-order valence-electron chi connectivity index (χ3n) is 2.99. The average Bonchev–Trinajstić information content (AvgIpc) is 2.97. The van der Waals surface area contributed by atoms with Gasteiger partial charge in [0.25, 0.3) is 0 Å². The molecule has 0 aliphatic heterocycles. The van der Waals surface area contributed by atoms with Gasteiger partial charge in [0.15, 0.2) is 0 Å². The smallest absolute Gasteiger partial charge is 0.128 e. The van der Waals surface area contributed by atoms with Crippen molar-refractivity contribution in [1.82, 2.24) is 9.55 Å². The summed E-state index contributed by atoms with van der Waals surface area (Å²) in [6.45, 7) is 2.84. The quantitative estimate of drug-likeness (QED) is 0.719. The summed E-state index contributed by atoms with van der Waals surface area (Å²) in [5.41, 5.74) is 2.29. The fraction of sp³-hybridized carbons (Fsp3) is 0.214. The van der Waals surface area contributed by atoms with Gasteiger partial charge in [0.05, 0.1) is 29.9 Å². The van der Waals surface area contributed by atoms with Gasteiger partial charge in [0, 0.05) is 17.0 Å². The number of rotatable bonds is 3. The van der Waals surface area contributed by atoms with Crippen LogP contribution < -0.4 is 4.74 Å². The monoisotopic (exact) mass is 258 g/mol. The third kappa shape index (κ3) is 1.88. The van der Waals surface area contributed by atoms with Gasteiger partial charge < -0.3 is 9.30 Å². The first-order valence-corrected chi connectivity index (χ1v) is 6.69. The van der Waals surface area contributed by atoms with E-state index in [2.05, 4.69) is 33.3 Å². The van der Waals surface area contributed by atoms with Crippen molar-refractivity contribution in [3.63, 3.8) is 0 Å². The highest BCUT2D eigenvalue weighted by molar-refractivity contribution is 7.09. The fourth-order valence-electron chi connectivity index (χ4n) is 2.17. The zero-order valence-corrected chi connectivity index (χ0v) is 11.2. The summed E-state index contributed by atoms with van der Waals surface area (Å²) in [5, 5.41) is 4.37. The minimum absolute atomic E-state index is 0.807. The van der Waals surface area contributed by atoms with E-state index in [9.17, 15) is 0 Å². The lowest BCUT2D eigenvalue weighted by atomic mass is 10.2. The fourth-order valence-corrected chi connectivity index (χ4v) is 2.77. The van der Waals surface area contributed by atoms with Crippen LogP contribution in [-0.2, 0) is 6.54 Å². The molecule has 4 heteroatoms. The minimum atomic E-state index is 0.807. The molecule has 1 aromatic carbocycles. The van der Waals surface area contributed by atoms with Crippen LogP contribution >= 0.6 is 11.3 Å². The molecule has 0 saturated carbocycles. The number of hydrogen-bond donors (Lipinski definition) is 0. The second-order valence-corrected chi connectivity index (χ2v) is 5.26. The highest BCUT2D eigenvalue weighted by atomic mass is 32.1. The zero-order chi connectivity index (χ0) is 12.5. The van der Waals surface area contributed by atoms with E-state index < -0.39 is 0 Å². The summed E-state index contributed by atoms with van der Waals surface area (Å²) in [4.78, 5) is 4.50. The molecule has 2 aromatic heterocycles. The molecule has 3 aromatic rings. The second-order valence-electron chi connectivity index (χ2n) is 4.19. The Hall–Kier alpha value is -1.81. The highest BCUT2D eigenvalue weighted by Gasteiger charge is 2.07. The standard InChI is InChI=1S/C14H14N2OS/c1-10-15-11(9-18-10)8-16-7-6-12-13(16)4-3-5-14(12)17-2/h3-7,9H,8H2,1-2H3. The topological polar surface area (TPSA) is 27.1 Å². The Morgan fingerprint density at radius 3 is 2.94 bits per heavy atom. The molecule has 0 unspecified atom stereocenters. The van der Waals surface area contributed by atoms with Crippen molar-refractivity contribution in [2.75, 3.05) is 7.11 Å². The molecule has 0 radical (unpaired) electrons. The van der Waals surface area contributed by atoms with E-state index >= 15 is 0 Å². The van der Waals surface area contributed by atoms with Gasteiger partial charge in [-0.3, -0.25) is 0 Å². The number of hydrogen-bond acceptors (Lipinski definition) is 3. The zero-order valence-electron chi connectivity index (χ0n) is 10.4. The molecular weight excluding hydrogens is 244 g/mol. The molecule has 0 N–H and O–H groups in total. The van der Waals surface area contributed by atoms with E-state index in [1.807, 2.05) is 19.1 Å². The van der Waals surface area contributed by atoms with Crippen molar-refractivity contribution >= 4 is 22.2 Å². The van der Waals surface area contributed by atoms with Gasteiger partial charge >= 0.3 is 0 Å². The summed E-state index contributed by atoms with van der Waals surface area (Å²) in [5.74, 6) is 0.917. The average molecular weight is 258 g/mol. The molecule has 0 bridgehead atoms.